The van der Waals surface area contributed by atoms with Gasteiger partial charge in [-0.15, -0.1) is 0 Å². The average molecular weight is 285 g/mol. The number of methoxy groups -OCH3 is 1. The third-order valence-electron chi connectivity index (χ3n) is 3.97. The smallest absolute Gasteiger partial charge is 0.160 e. The first-order chi connectivity index (χ1) is 10.2. The summed E-state index contributed by atoms with van der Waals surface area (Å²) in [6, 6.07) is 11.1. The topological polar surface area (TPSA) is 61.7 Å². The minimum Gasteiger partial charge on any atom is -0.508 e. The Bertz CT molecular complexity index is 654. The molecule has 4 nitrogen and oxygen atoms in total. The van der Waals surface area contributed by atoms with Crippen LogP contribution in [0.3, 0.4) is 0 Å². The van der Waals surface area contributed by atoms with Crippen molar-refractivity contribution in [3.8, 4) is 17.2 Å². The molecular weight excluding hydrogens is 266 g/mol. The van der Waals surface area contributed by atoms with Crippen LogP contribution in [0.15, 0.2) is 36.4 Å². The number of ether oxygens (including phenoxy) is 1. The van der Waals surface area contributed by atoms with Crippen LogP contribution in [0.5, 0.6) is 17.2 Å². The molecule has 0 aliphatic carbocycles. The molecular formula is C17H19NO3. The number of phenolic OH excluding ortho intramolecular Hbond substituents is 2. The Morgan fingerprint density at radius 1 is 1.19 bits per heavy atom. The fourth-order valence-corrected chi connectivity index (χ4v) is 2.89. The van der Waals surface area contributed by atoms with Crippen LogP contribution in [0.2, 0.25) is 0 Å². The van der Waals surface area contributed by atoms with Crippen molar-refractivity contribution < 1.29 is 14.9 Å². The molecule has 2 aromatic carbocycles. The van der Waals surface area contributed by atoms with E-state index in [0.29, 0.717) is 11.5 Å². The Morgan fingerprint density at radius 2 is 2.05 bits per heavy atom. The molecule has 1 aliphatic heterocycles. The van der Waals surface area contributed by atoms with Crippen LogP contribution in [0, 0.1) is 0 Å². The van der Waals surface area contributed by atoms with Gasteiger partial charge in [0, 0.05) is 6.04 Å². The quantitative estimate of drug-likeness (QED) is 0.811. The molecule has 0 radical (unpaired) electrons. The molecule has 1 aliphatic rings. The molecule has 0 saturated heterocycles. The van der Waals surface area contributed by atoms with Crippen molar-refractivity contribution in [1.82, 2.24) is 5.32 Å². The van der Waals surface area contributed by atoms with Gasteiger partial charge < -0.3 is 20.3 Å². The Kier molecular flexibility index (Phi) is 3.71. The van der Waals surface area contributed by atoms with Gasteiger partial charge in [-0.3, -0.25) is 0 Å². The summed E-state index contributed by atoms with van der Waals surface area (Å²) >= 11 is 0. The highest BCUT2D eigenvalue weighted by atomic mass is 16.5. The molecule has 3 N–H and O–H groups in total. The molecule has 1 atom stereocenters. The highest BCUT2D eigenvalue weighted by Gasteiger charge is 2.20. The van der Waals surface area contributed by atoms with Gasteiger partial charge >= 0.3 is 0 Å². The van der Waals surface area contributed by atoms with E-state index in [9.17, 15) is 10.2 Å². The van der Waals surface area contributed by atoms with E-state index in [4.69, 9.17) is 4.74 Å². The van der Waals surface area contributed by atoms with E-state index in [1.807, 2.05) is 24.3 Å². The fourth-order valence-electron chi connectivity index (χ4n) is 2.89. The predicted molar refractivity (Wildman–Crippen MR) is 80.9 cm³/mol. The second-order valence-electron chi connectivity index (χ2n) is 5.35. The standard InChI is InChI=1S/C17H19NO3/c1-21-17-9-11(2-5-16(17)20)8-15-14-10-13(19)4-3-12(14)6-7-18-15/h2-5,9-10,15,18-20H,6-8H2,1H3. The van der Waals surface area contributed by atoms with Gasteiger partial charge in [-0.05, 0) is 60.3 Å². The molecule has 21 heavy (non-hydrogen) atoms. The Hall–Kier alpha value is -2.20. The molecule has 0 bridgehead atoms. The van der Waals surface area contributed by atoms with Gasteiger partial charge in [0.05, 0.1) is 7.11 Å². The summed E-state index contributed by atoms with van der Waals surface area (Å²) in [7, 11) is 1.55. The lowest BCUT2D eigenvalue weighted by Gasteiger charge is -2.27. The maximum Gasteiger partial charge on any atom is 0.160 e. The predicted octanol–water partition coefficient (Wildman–Crippen LogP) is 2.54. The number of fused-ring (bicyclic) bond motifs is 1. The van der Waals surface area contributed by atoms with Crippen molar-refractivity contribution >= 4 is 0 Å². The number of benzene rings is 2. The van der Waals surface area contributed by atoms with Crippen LogP contribution >= 0.6 is 0 Å². The van der Waals surface area contributed by atoms with Crippen LogP contribution < -0.4 is 10.1 Å². The second kappa shape index (κ2) is 5.66. The van der Waals surface area contributed by atoms with E-state index < -0.39 is 0 Å². The van der Waals surface area contributed by atoms with Crippen molar-refractivity contribution in [2.24, 2.45) is 0 Å². The van der Waals surface area contributed by atoms with Crippen molar-refractivity contribution in [2.45, 2.75) is 18.9 Å². The highest BCUT2D eigenvalue weighted by molar-refractivity contribution is 5.44. The lowest BCUT2D eigenvalue weighted by Crippen LogP contribution is -2.31. The molecule has 0 aromatic heterocycles. The van der Waals surface area contributed by atoms with Crippen LogP contribution in [0.4, 0.5) is 0 Å². The Labute approximate surface area is 124 Å². The summed E-state index contributed by atoms with van der Waals surface area (Å²) in [6.07, 6.45) is 1.76. The van der Waals surface area contributed by atoms with E-state index >= 15 is 0 Å². The molecule has 2 aromatic rings. The molecule has 0 saturated carbocycles. The van der Waals surface area contributed by atoms with E-state index in [1.165, 1.54) is 5.56 Å². The normalized spacial score (nSPS) is 17.3. The van der Waals surface area contributed by atoms with E-state index in [1.54, 1.807) is 19.2 Å². The fraction of sp³-hybridized carbons (Fsp3) is 0.294. The summed E-state index contributed by atoms with van der Waals surface area (Å²) in [5.74, 6) is 0.932. The summed E-state index contributed by atoms with van der Waals surface area (Å²) < 4.78 is 5.15. The number of rotatable bonds is 3. The van der Waals surface area contributed by atoms with Gasteiger partial charge in [-0.25, -0.2) is 0 Å². The van der Waals surface area contributed by atoms with Crippen molar-refractivity contribution in [3.05, 3.63) is 53.1 Å². The molecule has 0 fully saturated rings. The molecule has 4 heteroatoms. The minimum atomic E-state index is 0.149. The van der Waals surface area contributed by atoms with E-state index in [2.05, 4.69) is 5.32 Å². The zero-order chi connectivity index (χ0) is 14.8. The molecule has 1 heterocycles. The summed E-state index contributed by atoms with van der Waals surface area (Å²) in [4.78, 5) is 0. The largest absolute Gasteiger partial charge is 0.508 e. The third-order valence-corrected chi connectivity index (χ3v) is 3.97. The van der Waals surface area contributed by atoms with Gasteiger partial charge in [0.25, 0.3) is 0 Å². The van der Waals surface area contributed by atoms with Crippen LogP contribution in [0.1, 0.15) is 22.7 Å². The first-order valence-corrected chi connectivity index (χ1v) is 7.08. The van der Waals surface area contributed by atoms with Gasteiger partial charge in [-0.1, -0.05) is 12.1 Å². The summed E-state index contributed by atoms with van der Waals surface area (Å²) in [5, 5.41) is 22.9. The van der Waals surface area contributed by atoms with Crippen molar-refractivity contribution in [2.75, 3.05) is 13.7 Å². The summed E-state index contributed by atoms with van der Waals surface area (Å²) in [6.45, 7) is 0.928. The first-order valence-electron chi connectivity index (χ1n) is 7.08. The first kappa shape index (κ1) is 13.8. The third kappa shape index (κ3) is 2.81. The maximum absolute atomic E-state index is 9.71. The SMILES string of the molecule is COc1cc(CC2NCCc3ccc(O)cc32)ccc1O. The average Bonchev–Trinajstić information content (AvgIpc) is 2.50. The Morgan fingerprint density at radius 3 is 2.86 bits per heavy atom. The Balaban J connectivity index is 1.88. The van der Waals surface area contributed by atoms with E-state index in [-0.39, 0.29) is 11.8 Å². The molecule has 0 spiro atoms. The van der Waals surface area contributed by atoms with Crippen LogP contribution in [-0.2, 0) is 12.8 Å². The van der Waals surface area contributed by atoms with Gasteiger partial charge in [-0.2, -0.15) is 0 Å². The number of hydrogen-bond donors (Lipinski definition) is 3. The van der Waals surface area contributed by atoms with Crippen molar-refractivity contribution in [3.63, 3.8) is 0 Å². The molecule has 1 unspecified atom stereocenters. The monoisotopic (exact) mass is 285 g/mol. The maximum atomic E-state index is 9.71. The summed E-state index contributed by atoms with van der Waals surface area (Å²) in [5.41, 5.74) is 3.51. The van der Waals surface area contributed by atoms with Crippen LogP contribution in [-0.4, -0.2) is 23.9 Å². The number of phenols is 2. The second-order valence-corrected chi connectivity index (χ2v) is 5.35. The number of nitrogens with one attached hydrogen (secondary N) is 1. The molecule has 110 valence electrons. The van der Waals surface area contributed by atoms with Gasteiger partial charge in [0.15, 0.2) is 11.5 Å². The minimum absolute atomic E-state index is 0.149. The highest BCUT2D eigenvalue weighted by Crippen LogP contribution is 2.32. The molecule has 3 rings (SSSR count). The number of hydrogen-bond acceptors (Lipinski definition) is 4. The lowest BCUT2D eigenvalue weighted by molar-refractivity contribution is 0.372. The van der Waals surface area contributed by atoms with Gasteiger partial charge in [0.1, 0.15) is 5.75 Å². The van der Waals surface area contributed by atoms with E-state index in [0.717, 1.165) is 30.5 Å². The lowest BCUT2D eigenvalue weighted by atomic mass is 9.90. The van der Waals surface area contributed by atoms with Crippen LogP contribution in [0.25, 0.3) is 0 Å². The zero-order valence-corrected chi connectivity index (χ0v) is 12.0. The number of aromatic hydroxyl groups is 2. The zero-order valence-electron chi connectivity index (χ0n) is 12.0. The molecule has 0 amide bonds. The van der Waals surface area contributed by atoms with Gasteiger partial charge in [0.2, 0.25) is 0 Å². The van der Waals surface area contributed by atoms with Crippen molar-refractivity contribution in [1.29, 1.82) is 0 Å².